The van der Waals surface area contributed by atoms with E-state index in [1.165, 1.54) is 0 Å². The van der Waals surface area contributed by atoms with Gasteiger partial charge in [0.1, 0.15) is 5.75 Å². The van der Waals surface area contributed by atoms with Gasteiger partial charge in [0.15, 0.2) is 0 Å². The molecule has 0 atom stereocenters. The number of aryl methyl sites for hydroxylation is 1. The number of benzene rings is 1. The smallest absolute Gasteiger partial charge is 0.307 e. The molecule has 19 heavy (non-hydrogen) atoms. The van der Waals surface area contributed by atoms with E-state index in [1.807, 2.05) is 32.9 Å². The maximum Gasteiger partial charge on any atom is 0.307 e. The van der Waals surface area contributed by atoms with Crippen molar-refractivity contribution in [1.29, 1.82) is 0 Å². The number of carboxylic acids is 1. The van der Waals surface area contributed by atoms with Gasteiger partial charge in [0, 0.05) is 10.6 Å². The molecule has 1 N–H and O–H groups in total. The van der Waals surface area contributed by atoms with E-state index in [4.69, 9.17) is 21.4 Å². The molecule has 1 aromatic rings. The number of halogens is 1. The molecule has 0 spiro atoms. The lowest BCUT2D eigenvalue weighted by molar-refractivity contribution is -0.135. The summed E-state index contributed by atoms with van der Waals surface area (Å²) >= 11 is 6.13. The summed E-state index contributed by atoms with van der Waals surface area (Å²) in [5.74, 6) is -0.100. The molecule has 4 heteroatoms. The highest BCUT2D eigenvalue weighted by Gasteiger charge is 2.09. The third-order valence-corrected chi connectivity index (χ3v) is 3.14. The molecule has 0 heterocycles. The summed E-state index contributed by atoms with van der Waals surface area (Å²) in [4.78, 5) is 10.6. The summed E-state index contributed by atoms with van der Waals surface area (Å²) in [6, 6.07) is 3.72. The van der Waals surface area contributed by atoms with E-state index in [1.54, 1.807) is 6.08 Å². The number of hydrogen-bond acceptors (Lipinski definition) is 2. The van der Waals surface area contributed by atoms with Crippen LogP contribution >= 0.6 is 11.6 Å². The molecule has 1 rings (SSSR count). The largest absolute Gasteiger partial charge is 0.493 e. The summed E-state index contributed by atoms with van der Waals surface area (Å²) in [7, 11) is 0. The molecule has 0 saturated heterocycles. The molecule has 0 unspecified atom stereocenters. The summed E-state index contributed by atoms with van der Waals surface area (Å²) in [5.41, 5.74) is 2.66. The van der Waals surface area contributed by atoms with Gasteiger partial charge in [-0.1, -0.05) is 24.6 Å². The molecule has 0 aromatic heterocycles. The standard InChI is InChI=1S/C15H19ClO3/c1-4-7-19-14-8-11(3)13(16)9-12(14)10(2)5-6-15(17)18/h5,8-9H,4,6-7H2,1-3H3,(H,17,18)/b10-5+. The quantitative estimate of drug-likeness (QED) is 0.845. The first-order chi connectivity index (χ1) is 8.95. The molecule has 0 aliphatic carbocycles. The normalized spacial score (nSPS) is 11.5. The summed E-state index contributed by atoms with van der Waals surface area (Å²) in [5, 5.41) is 9.37. The molecule has 0 saturated carbocycles. The molecule has 104 valence electrons. The van der Waals surface area contributed by atoms with Crippen molar-refractivity contribution in [1.82, 2.24) is 0 Å². The SMILES string of the molecule is CCCOc1cc(C)c(Cl)cc1/C(C)=C/CC(=O)O. The number of rotatable bonds is 6. The van der Waals surface area contributed by atoms with Gasteiger partial charge in [0.25, 0.3) is 0 Å². The Hall–Kier alpha value is -1.48. The fourth-order valence-electron chi connectivity index (χ4n) is 1.64. The van der Waals surface area contributed by atoms with Gasteiger partial charge in [0.2, 0.25) is 0 Å². The highest BCUT2D eigenvalue weighted by atomic mass is 35.5. The lowest BCUT2D eigenvalue weighted by Crippen LogP contribution is -1.99. The van der Waals surface area contributed by atoms with Gasteiger partial charge in [-0.25, -0.2) is 0 Å². The Balaban J connectivity index is 3.12. The topological polar surface area (TPSA) is 46.5 Å². The van der Waals surface area contributed by atoms with E-state index in [0.717, 1.165) is 28.9 Å². The van der Waals surface area contributed by atoms with Crippen LogP contribution in [0.3, 0.4) is 0 Å². The number of allylic oxidation sites excluding steroid dienone is 1. The zero-order valence-corrected chi connectivity index (χ0v) is 12.3. The molecule has 0 fully saturated rings. The molecule has 0 aliphatic rings. The number of carbonyl (C=O) groups is 1. The second-order valence-corrected chi connectivity index (χ2v) is 4.84. The van der Waals surface area contributed by atoms with E-state index in [9.17, 15) is 4.79 Å². The van der Waals surface area contributed by atoms with Crippen LogP contribution in [0.4, 0.5) is 0 Å². The van der Waals surface area contributed by atoms with Gasteiger partial charge in [-0.2, -0.15) is 0 Å². The number of hydrogen-bond donors (Lipinski definition) is 1. The fraction of sp³-hybridized carbons (Fsp3) is 0.400. The van der Waals surface area contributed by atoms with E-state index in [-0.39, 0.29) is 6.42 Å². The fourth-order valence-corrected chi connectivity index (χ4v) is 1.81. The maximum absolute atomic E-state index is 10.6. The second-order valence-electron chi connectivity index (χ2n) is 4.43. The number of ether oxygens (including phenoxy) is 1. The Morgan fingerprint density at radius 1 is 1.47 bits per heavy atom. The van der Waals surface area contributed by atoms with Crippen molar-refractivity contribution in [3.8, 4) is 5.75 Å². The maximum atomic E-state index is 10.6. The summed E-state index contributed by atoms with van der Waals surface area (Å²) in [6.07, 6.45) is 2.58. The molecule has 0 aliphatic heterocycles. The Morgan fingerprint density at radius 2 is 2.16 bits per heavy atom. The van der Waals surface area contributed by atoms with Crippen molar-refractivity contribution < 1.29 is 14.6 Å². The predicted octanol–water partition coefficient (Wildman–Crippen LogP) is 4.32. The minimum atomic E-state index is -0.853. The number of aliphatic carboxylic acids is 1. The highest BCUT2D eigenvalue weighted by Crippen LogP contribution is 2.32. The number of carboxylic acid groups (broad SMARTS) is 1. The van der Waals surface area contributed by atoms with E-state index < -0.39 is 5.97 Å². The lowest BCUT2D eigenvalue weighted by atomic mass is 10.0. The van der Waals surface area contributed by atoms with Gasteiger partial charge in [-0.05, 0) is 43.5 Å². The Morgan fingerprint density at radius 3 is 2.74 bits per heavy atom. The molecular formula is C15H19ClO3. The first-order valence-corrected chi connectivity index (χ1v) is 6.65. The average Bonchev–Trinajstić information content (AvgIpc) is 2.36. The van der Waals surface area contributed by atoms with Crippen LogP contribution in [0.1, 0.15) is 37.8 Å². The third kappa shape index (κ3) is 4.60. The lowest BCUT2D eigenvalue weighted by Gasteiger charge is -2.13. The van der Waals surface area contributed by atoms with Crippen LogP contribution in [0.5, 0.6) is 5.75 Å². The average molecular weight is 283 g/mol. The Bertz CT molecular complexity index is 492. The molecule has 3 nitrogen and oxygen atoms in total. The van der Waals surface area contributed by atoms with Crippen molar-refractivity contribution in [2.24, 2.45) is 0 Å². The van der Waals surface area contributed by atoms with Gasteiger partial charge in [0.05, 0.1) is 13.0 Å². The Labute approximate surface area is 118 Å². The highest BCUT2D eigenvalue weighted by molar-refractivity contribution is 6.31. The van der Waals surface area contributed by atoms with Crippen LogP contribution in [0.15, 0.2) is 18.2 Å². The molecular weight excluding hydrogens is 264 g/mol. The van der Waals surface area contributed by atoms with Crippen LogP contribution < -0.4 is 4.74 Å². The second kappa shape index (κ2) is 7.19. The van der Waals surface area contributed by atoms with Crippen molar-refractivity contribution in [2.45, 2.75) is 33.6 Å². The van der Waals surface area contributed by atoms with Crippen molar-refractivity contribution in [2.75, 3.05) is 6.61 Å². The van der Waals surface area contributed by atoms with Crippen molar-refractivity contribution in [3.05, 3.63) is 34.4 Å². The predicted molar refractivity (Wildman–Crippen MR) is 77.9 cm³/mol. The molecule has 1 aromatic carbocycles. The first-order valence-electron chi connectivity index (χ1n) is 6.27. The van der Waals surface area contributed by atoms with E-state index >= 15 is 0 Å². The van der Waals surface area contributed by atoms with Gasteiger partial charge in [-0.15, -0.1) is 0 Å². The Kier molecular flexibility index (Phi) is 5.90. The zero-order chi connectivity index (χ0) is 14.4. The van der Waals surface area contributed by atoms with Crippen molar-refractivity contribution in [3.63, 3.8) is 0 Å². The first kappa shape index (κ1) is 15.6. The summed E-state index contributed by atoms with van der Waals surface area (Å²) in [6.45, 7) is 6.44. The zero-order valence-electron chi connectivity index (χ0n) is 11.5. The van der Waals surface area contributed by atoms with E-state index in [2.05, 4.69) is 0 Å². The van der Waals surface area contributed by atoms with Crippen LogP contribution in [-0.2, 0) is 4.79 Å². The van der Waals surface area contributed by atoms with Gasteiger partial charge in [-0.3, -0.25) is 4.79 Å². The van der Waals surface area contributed by atoms with Gasteiger partial charge >= 0.3 is 5.97 Å². The molecule has 0 radical (unpaired) electrons. The van der Waals surface area contributed by atoms with Crippen LogP contribution in [0.25, 0.3) is 5.57 Å². The van der Waals surface area contributed by atoms with E-state index in [0.29, 0.717) is 11.6 Å². The molecule has 0 bridgehead atoms. The van der Waals surface area contributed by atoms with Crippen molar-refractivity contribution >= 4 is 23.1 Å². The minimum Gasteiger partial charge on any atom is -0.493 e. The van der Waals surface area contributed by atoms with Gasteiger partial charge < -0.3 is 9.84 Å². The van der Waals surface area contributed by atoms with Crippen LogP contribution in [0, 0.1) is 6.92 Å². The monoisotopic (exact) mass is 282 g/mol. The third-order valence-electron chi connectivity index (χ3n) is 2.73. The molecule has 0 amide bonds. The minimum absolute atomic E-state index is 0.00938. The van der Waals surface area contributed by atoms with Crippen LogP contribution in [-0.4, -0.2) is 17.7 Å². The van der Waals surface area contributed by atoms with Crippen LogP contribution in [0.2, 0.25) is 5.02 Å². The summed E-state index contributed by atoms with van der Waals surface area (Å²) < 4.78 is 5.70.